The predicted molar refractivity (Wildman–Crippen MR) is 215 cm³/mol. The number of aromatic nitrogens is 3. The smallest absolute Gasteiger partial charge is 0.235 e. The van der Waals surface area contributed by atoms with Gasteiger partial charge < -0.3 is 4.42 Å². The Labute approximate surface area is 298 Å². The monoisotopic (exact) mass is 663 g/mol. The molecule has 0 aliphatic carbocycles. The third-order valence-corrected chi connectivity index (χ3v) is 10.4. The maximum atomic E-state index is 6.69. The molecule has 11 rings (SSSR count). The van der Waals surface area contributed by atoms with Crippen LogP contribution in [0.25, 0.3) is 105 Å². The Morgan fingerprint density at radius 3 is 1.81 bits per heavy atom. The number of benzene rings is 8. The van der Waals surface area contributed by atoms with E-state index in [2.05, 4.69) is 162 Å². The standard InChI is InChI=1S/C48H29N3O/c1-4-14-30(15-5-1)33-24-25-37-43(28-33)52-42-27-26-40-46(45(37)42)44-35-21-11-10-20-34(35)38(31-16-6-2-7-17-31)29-41(44)51(40)48-49-39-23-13-12-22-36(39)47(50-48)32-18-8-3-9-19-32/h1-29H. The van der Waals surface area contributed by atoms with Crippen LogP contribution in [0.4, 0.5) is 0 Å². The Kier molecular flexibility index (Phi) is 6.22. The van der Waals surface area contributed by atoms with Gasteiger partial charge in [0.15, 0.2) is 0 Å². The molecular formula is C48H29N3O. The van der Waals surface area contributed by atoms with Crippen LogP contribution in [0.2, 0.25) is 0 Å². The van der Waals surface area contributed by atoms with Crippen LogP contribution in [0.15, 0.2) is 180 Å². The third-order valence-electron chi connectivity index (χ3n) is 10.4. The molecule has 0 atom stereocenters. The molecule has 0 N–H and O–H groups in total. The molecule has 0 aliphatic heterocycles. The first-order valence-electron chi connectivity index (χ1n) is 17.6. The molecule has 52 heavy (non-hydrogen) atoms. The molecule has 3 aromatic heterocycles. The number of furan rings is 1. The second-order valence-electron chi connectivity index (χ2n) is 13.3. The highest BCUT2D eigenvalue weighted by Gasteiger charge is 2.24. The van der Waals surface area contributed by atoms with E-state index < -0.39 is 0 Å². The average molecular weight is 664 g/mol. The molecule has 0 amide bonds. The molecule has 3 heterocycles. The fourth-order valence-corrected chi connectivity index (χ4v) is 8.09. The number of fused-ring (bicyclic) bond motifs is 10. The quantitative estimate of drug-likeness (QED) is 0.188. The van der Waals surface area contributed by atoms with Crippen LogP contribution in [0.1, 0.15) is 0 Å². The topological polar surface area (TPSA) is 43.9 Å². The molecule has 0 spiro atoms. The van der Waals surface area contributed by atoms with Crippen LogP contribution in [0, 0.1) is 0 Å². The average Bonchev–Trinajstić information content (AvgIpc) is 3.76. The first-order valence-corrected chi connectivity index (χ1v) is 17.6. The minimum Gasteiger partial charge on any atom is -0.456 e. The van der Waals surface area contributed by atoms with Crippen molar-refractivity contribution in [2.75, 3.05) is 0 Å². The number of nitrogens with zero attached hydrogens (tertiary/aromatic N) is 3. The first kappa shape index (κ1) is 28.8. The van der Waals surface area contributed by atoms with E-state index in [9.17, 15) is 0 Å². The molecule has 0 radical (unpaired) electrons. The lowest BCUT2D eigenvalue weighted by molar-refractivity contribution is 0.669. The second kappa shape index (κ2) is 11.2. The van der Waals surface area contributed by atoms with Gasteiger partial charge in [0.05, 0.1) is 22.2 Å². The Balaban J connectivity index is 1.32. The normalized spacial score (nSPS) is 11.8. The van der Waals surface area contributed by atoms with Crippen molar-refractivity contribution in [2.45, 2.75) is 0 Å². The maximum Gasteiger partial charge on any atom is 0.235 e. The van der Waals surface area contributed by atoms with Crippen molar-refractivity contribution in [2.24, 2.45) is 0 Å². The predicted octanol–water partition coefficient (Wildman–Crippen LogP) is 12.8. The zero-order valence-corrected chi connectivity index (χ0v) is 28.0. The number of hydrogen-bond donors (Lipinski definition) is 0. The Hall–Kier alpha value is -7.04. The van der Waals surface area contributed by atoms with Gasteiger partial charge in [-0.3, -0.25) is 4.57 Å². The largest absolute Gasteiger partial charge is 0.456 e. The lowest BCUT2D eigenvalue weighted by Crippen LogP contribution is -2.03. The summed E-state index contributed by atoms with van der Waals surface area (Å²) in [6.07, 6.45) is 0. The molecule has 8 aromatic carbocycles. The van der Waals surface area contributed by atoms with Gasteiger partial charge >= 0.3 is 0 Å². The van der Waals surface area contributed by atoms with Crippen LogP contribution in [0.3, 0.4) is 0 Å². The summed E-state index contributed by atoms with van der Waals surface area (Å²) in [4.78, 5) is 10.7. The van der Waals surface area contributed by atoms with Gasteiger partial charge in [-0.2, -0.15) is 0 Å². The van der Waals surface area contributed by atoms with Gasteiger partial charge in [-0.1, -0.05) is 140 Å². The van der Waals surface area contributed by atoms with Crippen molar-refractivity contribution in [3.05, 3.63) is 176 Å². The van der Waals surface area contributed by atoms with Crippen molar-refractivity contribution in [1.82, 2.24) is 14.5 Å². The van der Waals surface area contributed by atoms with Gasteiger partial charge in [0.1, 0.15) is 11.2 Å². The van der Waals surface area contributed by atoms with Crippen molar-refractivity contribution in [3.63, 3.8) is 0 Å². The molecule has 0 bridgehead atoms. The maximum absolute atomic E-state index is 6.69. The molecule has 242 valence electrons. The van der Waals surface area contributed by atoms with Crippen molar-refractivity contribution >= 4 is 65.4 Å². The van der Waals surface area contributed by atoms with E-state index >= 15 is 0 Å². The van der Waals surface area contributed by atoms with Gasteiger partial charge in [-0.15, -0.1) is 0 Å². The van der Waals surface area contributed by atoms with Crippen LogP contribution in [0.5, 0.6) is 0 Å². The number of rotatable bonds is 4. The molecule has 0 unspecified atom stereocenters. The minimum absolute atomic E-state index is 0.630. The Bertz CT molecular complexity index is 3160. The van der Waals surface area contributed by atoms with Crippen LogP contribution in [-0.2, 0) is 0 Å². The summed E-state index contributed by atoms with van der Waals surface area (Å²) < 4.78 is 8.95. The molecule has 11 aromatic rings. The van der Waals surface area contributed by atoms with Crippen molar-refractivity contribution in [1.29, 1.82) is 0 Å². The molecule has 4 heteroatoms. The van der Waals surface area contributed by atoms with Crippen molar-refractivity contribution < 1.29 is 4.42 Å². The summed E-state index contributed by atoms with van der Waals surface area (Å²) >= 11 is 0. The summed E-state index contributed by atoms with van der Waals surface area (Å²) in [6.45, 7) is 0. The van der Waals surface area contributed by atoms with E-state index in [0.717, 1.165) is 88.2 Å². The minimum atomic E-state index is 0.630. The van der Waals surface area contributed by atoms with Crippen LogP contribution >= 0.6 is 0 Å². The van der Waals surface area contributed by atoms with E-state index in [1.54, 1.807) is 0 Å². The van der Waals surface area contributed by atoms with Gasteiger partial charge in [0, 0.05) is 32.5 Å². The van der Waals surface area contributed by atoms with Crippen LogP contribution in [-0.4, -0.2) is 14.5 Å². The molecule has 0 aliphatic rings. The van der Waals surface area contributed by atoms with E-state index in [1.165, 1.54) is 10.8 Å². The molecule has 0 saturated heterocycles. The van der Waals surface area contributed by atoms with E-state index in [1.807, 2.05) is 18.2 Å². The lowest BCUT2D eigenvalue weighted by atomic mass is 9.94. The number of para-hydroxylation sites is 1. The van der Waals surface area contributed by atoms with E-state index in [-0.39, 0.29) is 0 Å². The molecular weight excluding hydrogens is 635 g/mol. The molecule has 0 saturated carbocycles. The van der Waals surface area contributed by atoms with E-state index in [0.29, 0.717) is 5.95 Å². The van der Waals surface area contributed by atoms with E-state index in [4.69, 9.17) is 14.4 Å². The fraction of sp³-hybridized carbons (Fsp3) is 0. The first-order chi connectivity index (χ1) is 25.8. The van der Waals surface area contributed by atoms with Crippen molar-refractivity contribution in [3.8, 4) is 39.5 Å². The lowest BCUT2D eigenvalue weighted by Gasteiger charge is -2.13. The summed E-state index contributed by atoms with van der Waals surface area (Å²) in [5.41, 5.74) is 11.3. The Morgan fingerprint density at radius 1 is 0.385 bits per heavy atom. The SMILES string of the molecule is c1ccc(-c2ccc3c(c2)oc2ccc4c(c23)c2c3ccccc3c(-c3ccccc3)cc2n4-c2nc(-c3ccccc3)c3ccccc3n2)cc1. The van der Waals surface area contributed by atoms with Crippen LogP contribution < -0.4 is 0 Å². The Morgan fingerprint density at radius 2 is 1.04 bits per heavy atom. The summed E-state index contributed by atoms with van der Waals surface area (Å²) in [6, 6.07) is 61.8. The fourth-order valence-electron chi connectivity index (χ4n) is 8.09. The zero-order chi connectivity index (χ0) is 34.2. The highest BCUT2D eigenvalue weighted by Crippen LogP contribution is 2.46. The van der Waals surface area contributed by atoms with Gasteiger partial charge in [-0.25, -0.2) is 9.97 Å². The zero-order valence-electron chi connectivity index (χ0n) is 28.0. The number of hydrogen-bond acceptors (Lipinski definition) is 3. The summed E-state index contributed by atoms with van der Waals surface area (Å²) in [5.74, 6) is 0.630. The molecule has 0 fully saturated rings. The van der Waals surface area contributed by atoms with Gasteiger partial charge in [0.2, 0.25) is 5.95 Å². The highest BCUT2D eigenvalue weighted by molar-refractivity contribution is 6.33. The molecule has 4 nitrogen and oxygen atoms in total. The summed E-state index contributed by atoms with van der Waals surface area (Å²) in [5, 5.41) is 7.86. The highest BCUT2D eigenvalue weighted by atomic mass is 16.3. The second-order valence-corrected chi connectivity index (χ2v) is 13.3. The summed E-state index contributed by atoms with van der Waals surface area (Å²) in [7, 11) is 0. The van der Waals surface area contributed by atoms with Gasteiger partial charge in [0.25, 0.3) is 0 Å². The van der Waals surface area contributed by atoms with Gasteiger partial charge in [-0.05, 0) is 69.4 Å². The third kappa shape index (κ3) is 4.28.